The number of carbonyl (C=O) groups is 2. The van der Waals surface area contributed by atoms with Crippen LogP contribution in [0.1, 0.15) is 31.6 Å². The second kappa shape index (κ2) is 6.41. The van der Waals surface area contributed by atoms with Gasteiger partial charge >= 0.3 is 5.97 Å². The molecule has 5 nitrogen and oxygen atoms in total. The molecule has 0 aliphatic heterocycles. The van der Waals surface area contributed by atoms with E-state index in [1.807, 2.05) is 26.0 Å². The van der Waals surface area contributed by atoms with E-state index in [4.69, 9.17) is 9.52 Å². The van der Waals surface area contributed by atoms with Gasteiger partial charge in [-0.25, -0.2) is 4.79 Å². The third-order valence-electron chi connectivity index (χ3n) is 2.78. The van der Waals surface area contributed by atoms with Crippen molar-refractivity contribution in [1.29, 1.82) is 0 Å². The van der Waals surface area contributed by atoms with Gasteiger partial charge in [0.05, 0.1) is 11.4 Å². The Bertz CT molecular complexity index is 696. The van der Waals surface area contributed by atoms with Crippen molar-refractivity contribution in [3.8, 4) is 0 Å². The zero-order chi connectivity index (χ0) is 15.4. The number of carbonyl (C=O) groups excluding carboxylic acids is 1. The molecule has 0 spiro atoms. The number of amides is 1. The molecular weight excluding hydrogens is 290 g/mol. The van der Waals surface area contributed by atoms with Crippen molar-refractivity contribution in [1.82, 2.24) is 5.32 Å². The maximum Gasteiger partial charge on any atom is 0.328 e. The molecule has 6 heteroatoms. The van der Waals surface area contributed by atoms with Crippen LogP contribution in [0.2, 0.25) is 0 Å². The summed E-state index contributed by atoms with van der Waals surface area (Å²) in [5, 5.41) is 11.4. The molecule has 0 fully saturated rings. The van der Waals surface area contributed by atoms with E-state index in [1.54, 1.807) is 6.07 Å². The van der Waals surface area contributed by atoms with E-state index in [-0.39, 0.29) is 5.91 Å². The Morgan fingerprint density at radius 1 is 1.38 bits per heavy atom. The van der Waals surface area contributed by atoms with Gasteiger partial charge in [-0.15, -0.1) is 11.3 Å². The van der Waals surface area contributed by atoms with Gasteiger partial charge in [0, 0.05) is 11.0 Å². The predicted octanol–water partition coefficient (Wildman–Crippen LogP) is 2.99. The van der Waals surface area contributed by atoms with E-state index in [0.29, 0.717) is 17.2 Å². The lowest BCUT2D eigenvalue weighted by Gasteiger charge is -2.00. The molecule has 2 N–H and O–H groups in total. The summed E-state index contributed by atoms with van der Waals surface area (Å²) in [6.07, 6.45) is 2.56. The summed E-state index contributed by atoms with van der Waals surface area (Å²) < 4.78 is 5.38. The summed E-state index contributed by atoms with van der Waals surface area (Å²) in [6.45, 7) is 4.00. The van der Waals surface area contributed by atoms with E-state index >= 15 is 0 Å². The van der Waals surface area contributed by atoms with Gasteiger partial charge in [-0.2, -0.15) is 0 Å². The number of hydrogen-bond acceptors (Lipinski definition) is 4. The van der Waals surface area contributed by atoms with Crippen molar-refractivity contribution < 1.29 is 19.1 Å². The number of furan rings is 1. The quantitative estimate of drug-likeness (QED) is 0.832. The molecule has 0 saturated carbocycles. The summed E-state index contributed by atoms with van der Waals surface area (Å²) in [6, 6.07) is 5.40. The van der Waals surface area contributed by atoms with E-state index in [0.717, 1.165) is 22.3 Å². The van der Waals surface area contributed by atoms with E-state index < -0.39 is 5.97 Å². The summed E-state index contributed by atoms with van der Waals surface area (Å²) in [4.78, 5) is 23.9. The Hall–Kier alpha value is -2.34. The fraction of sp³-hybridized carbons (Fsp3) is 0.200. The standard InChI is InChI=1S/C15H15NO4S/c1-9-7-13(21-12(9)5-6-14(17)18)15(19)16-8-11-4-3-10(2)20-11/h3-7H,8H2,1-2H3,(H,16,19)(H,17,18)/b6-5+. The van der Waals surface area contributed by atoms with Crippen LogP contribution in [0.3, 0.4) is 0 Å². The van der Waals surface area contributed by atoms with Gasteiger partial charge in [0.15, 0.2) is 0 Å². The molecule has 1 amide bonds. The maximum atomic E-state index is 12.0. The van der Waals surface area contributed by atoms with Crippen molar-refractivity contribution >= 4 is 29.3 Å². The minimum absolute atomic E-state index is 0.202. The summed E-state index contributed by atoms with van der Waals surface area (Å²) in [7, 11) is 0. The molecule has 0 bridgehead atoms. The van der Waals surface area contributed by atoms with Crippen molar-refractivity contribution in [3.05, 3.63) is 51.1 Å². The number of hydrogen-bond donors (Lipinski definition) is 2. The zero-order valence-corrected chi connectivity index (χ0v) is 12.5. The van der Waals surface area contributed by atoms with Crippen LogP contribution in [0, 0.1) is 13.8 Å². The van der Waals surface area contributed by atoms with Crippen LogP contribution in [0.4, 0.5) is 0 Å². The fourth-order valence-corrected chi connectivity index (χ4v) is 2.75. The molecule has 0 unspecified atom stereocenters. The van der Waals surface area contributed by atoms with Gasteiger partial charge < -0.3 is 14.8 Å². The van der Waals surface area contributed by atoms with Crippen LogP contribution in [-0.2, 0) is 11.3 Å². The van der Waals surface area contributed by atoms with Crippen molar-refractivity contribution in [3.63, 3.8) is 0 Å². The average molecular weight is 305 g/mol. The van der Waals surface area contributed by atoms with Gasteiger partial charge in [-0.05, 0) is 43.7 Å². The summed E-state index contributed by atoms with van der Waals surface area (Å²) in [5.41, 5.74) is 0.872. The second-order valence-electron chi connectivity index (χ2n) is 4.52. The molecule has 21 heavy (non-hydrogen) atoms. The highest BCUT2D eigenvalue weighted by Crippen LogP contribution is 2.23. The molecule has 0 aliphatic rings. The van der Waals surface area contributed by atoms with Crippen LogP contribution < -0.4 is 5.32 Å². The number of carboxylic acids is 1. The minimum atomic E-state index is -1.01. The summed E-state index contributed by atoms with van der Waals surface area (Å²) in [5.74, 6) is 0.279. The topological polar surface area (TPSA) is 79.5 Å². The summed E-state index contributed by atoms with van der Waals surface area (Å²) >= 11 is 1.26. The number of carboxylic acid groups (broad SMARTS) is 1. The molecule has 110 valence electrons. The first-order chi connectivity index (χ1) is 9.95. The fourth-order valence-electron chi connectivity index (χ4n) is 1.76. The van der Waals surface area contributed by atoms with E-state index in [2.05, 4.69) is 5.32 Å². The SMILES string of the molecule is Cc1ccc(CNC(=O)c2cc(C)c(/C=C/C(=O)O)s2)o1. The van der Waals surface area contributed by atoms with Crippen LogP contribution in [0.15, 0.2) is 28.7 Å². The highest BCUT2D eigenvalue weighted by atomic mass is 32.1. The Morgan fingerprint density at radius 2 is 2.14 bits per heavy atom. The van der Waals surface area contributed by atoms with Crippen LogP contribution in [-0.4, -0.2) is 17.0 Å². The normalized spacial score (nSPS) is 11.0. The lowest BCUT2D eigenvalue weighted by molar-refractivity contribution is -0.131. The Morgan fingerprint density at radius 3 is 2.76 bits per heavy atom. The Kier molecular flexibility index (Phi) is 4.59. The van der Waals surface area contributed by atoms with Crippen molar-refractivity contribution in [2.45, 2.75) is 20.4 Å². The number of rotatable bonds is 5. The third-order valence-corrected chi connectivity index (χ3v) is 3.98. The lowest BCUT2D eigenvalue weighted by Crippen LogP contribution is -2.21. The molecule has 2 aromatic heterocycles. The molecule has 0 aromatic carbocycles. The molecule has 0 radical (unpaired) electrons. The average Bonchev–Trinajstić information content (AvgIpc) is 3.00. The molecule has 0 aliphatic carbocycles. The molecule has 2 aromatic rings. The van der Waals surface area contributed by atoms with Crippen LogP contribution in [0.25, 0.3) is 6.08 Å². The zero-order valence-electron chi connectivity index (χ0n) is 11.7. The minimum Gasteiger partial charge on any atom is -0.478 e. The van der Waals surface area contributed by atoms with Crippen LogP contribution in [0.5, 0.6) is 0 Å². The molecule has 2 heterocycles. The molecular formula is C15H15NO4S. The molecule has 0 saturated heterocycles. The smallest absolute Gasteiger partial charge is 0.328 e. The number of thiophene rings is 1. The van der Waals surface area contributed by atoms with Gasteiger partial charge in [-0.1, -0.05) is 0 Å². The van der Waals surface area contributed by atoms with Gasteiger partial charge in [0.25, 0.3) is 5.91 Å². The first-order valence-electron chi connectivity index (χ1n) is 6.30. The van der Waals surface area contributed by atoms with Gasteiger partial charge in [0.1, 0.15) is 11.5 Å². The maximum absolute atomic E-state index is 12.0. The van der Waals surface area contributed by atoms with Gasteiger partial charge in [0.2, 0.25) is 0 Å². The number of nitrogens with one attached hydrogen (secondary N) is 1. The number of aryl methyl sites for hydroxylation is 2. The lowest BCUT2D eigenvalue weighted by atomic mass is 10.2. The van der Waals surface area contributed by atoms with E-state index in [9.17, 15) is 9.59 Å². The largest absolute Gasteiger partial charge is 0.478 e. The van der Waals surface area contributed by atoms with Crippen LogP contribution >= 0.6 is 11.3 Å². The molecule has 0 atom stereocenters. The highest BCUT2D eigenvalue weighted by Gasteiger charge is 2.11. The van der Waals surface area contributed by atoms with Gasteiger partial charge in [-0.3, -0.25) is 4.79 Å². The van der Waals surface area contributed by atoms with Crippen molar-refractivity contribution in [2.24, 2.45) is 0 Å². The first kappa shape index (κ1) is 15.1. The highest BCUT2D eigenvalue weighted by molar-refractivity contribution is 7.15. The Labute approximate surface area is 125 Å². The monoisotopic (exact) mass is 305 g/mol. The predicted molar refractivity (Wildman–Crippen MR) is 80.3 cm³/mol. The first-order valence-corrected chi connectivity index (χ1v) is 7.12. The number of aliphatic carboxylic acids is 1. The third kappa shape index (κ3) is 4.06. The molecule has 2 rings (SSSR count). The Balaban J connectivity index is 2.02. The second-order valence-corrected chi connectivity index (χ2v) is 5.61. The van der Waals surface area contributed by atoms with E-state index in [1.165, 1.54) is 17.4 Å². The van der Waals surface area contributed by atoms with Crippen molar-refractivity contribution in [2.75, 3.05) is 0 Å².